The Morgan fingerprint density at radius 2 is 1.92 bits per heavy atom. The summed E-state index contributed by atoms with van der Waals surface area (Å²) in [6.07, 6.45) is 0. The molecule has 0 saturated carbocycles. The van der Waals surface area contributed by atoms with Crippen LogP contribution >= 0.6 is 22.6 Å². The van der Waals surface area contributed by atoms with Gasteiger partial charge in [-0.05, 0) is 52.9 Å². The van der Waals surface area contributed by atoms with Crippen molar-refractivity contribution in [3.05, 3.63) is 57.7 Å². The molecule has 0 radical (unpaired) electrons. The number of anilines is 2. The van der Waals surface area contributed by atoms with Crippen LogP contribution in [0, 0.1) is 3.57 Å². The van der Waals surface area contributed by atoms with E-state index in [0.717, 1.165) is 9.26 Å². The molecule has 2 aromatic carbocycles. The molecule has 0 aliphatic heterocycles. The number of carbonyl (C=O) groups excluding carboxylic acids is 2. The Balaban J connectivity index is 1.94. The fourth-order valence-electron chi connectivity index (χ4n) is 2.14. The van der Waals surface area contributed by atoms with Gasteiger partial charge in [0.2, 0.25) is 5.91 Å². The molecule has 25 heavy (non-hydrogen) atoms. The van der Waals surface area contributed by atoms with E-state index < -0.39 is 0 Å². The van der Waals surface area contributed by atoms with Crippen LogP contribution in [0.2, 0.25) is 0 Å². The third-order valence-electron chi connectivity index (χ3n) is 3.31. The van der Waals surface area contributed by atoms with Crippen LogP contribution in [-0.2, 0) is 9.53 Å². The third kappa shape index (κ3) is 6.35. The van der Waals surface area contributed by atoms with Crippen molar-refractivity contribution in [3.63, 3.8) is 0 Å². The van der Waals surface area contributed by atoms with Crippen LogP contribution in [0.3, 0.4) is 0 Å². The minimum atomic E-state index is -0.210. The molecule has 0 heterocycles. The monoisotopic (exact) mass is 453 g/mol. The molecule has 0 saturated heterocycles. The number of hydrogen-bond donors (Lipinski definition) is 3. The molecule has 7 heteroatoms. The first-order valence-corrected chi connectivity index (χ1v) is 8.83. The van der Waals surface area contributed by atoms with E-state index in [2.05, 4.69) is 38.5 Å². The summed E-state index contributed by atoms with van der Waals surface area (Å²) in [7, 11) is 1.58. The van der Waals surface area contributed by atoms with E-state index in [1.165, 1.54) is 0 Å². The molecule has 132 valence electrons. The molecule has 6 nitrogen and oxygen atoms in total. The topological polar surface area (TPSA) is 79.5 Å². The number of amides is 2. The van der Waals surface area contributed by atoms with Gasteiger partial charge >= 0.3 is 0 Å². The van der Waals surface area contributed by atoms with Crippen LogP contribution in [0.25, 0.3) is 0 Å². The third-order valence-corrected chi connectivity index (χ3v) is 3.98. The second-order valence-corrected chi connectivity index (χ2v) is 6.45. The summed E-state index contributed by atoms with van der Waals surface area (Å²) >= 11 is 2.19. The molecule has 0 aromatic heterocycles. The average Bonchev–Trinajstić information content (AvgIpc) is 2.60. The summed E-state index contributed by atoms with van der Waals surface area (Å²) in [6, 6.07) is 14.6. The molecule has 2 aromatic rings. The highest BCUT2D eigenvalue weighted by Crippen LogP contribution is 2.15. The summed E-state index contributed by atoms with van der Waals surface area (Å²) in [5, 5.41) is 8.60. The second-order valence-electron chi connectivity index (χ2n) is 5.21. The number of para-hydroxylation sites is 1. The Hall–Kier alpha value is -2.13. The lowest BCUT2D eigenvalue weighted by Gasteiger charge is -2.12. The number of rotatable bonds is 8. The lowest BCUT2D eigenvalue weighted by molar-refractivity contribution is -0.114. The summed E-state index contributed by atoms with van der Waals surface area (Å²) in [4.78, 5) is 24.3. The van der Waals surface area contributed by atoms with E-state index in [1.807, 2.05) is 30.3 Å². The van der Waals surface area contributed by atoms with Crippen LogP contribution in [0.4, 0.5) is 11.4 Å². The van der Waals surface area contributed by atoms with Crippen molar-refractivity contribution in [1.29, 1.82) is 0 Å². The number of ether oxygens (including phenoxy) is 1. The van der Waals surface area contributed by atoms with Crippen molar-refractivity contribution in [3.8, 4) is 0 Å². The van der Waals surface area contributed by atoms with Gasteiger partial charge in [0.1, 0.15) is 0 Å². The molecule has 0 fully saturated rings. The standard InChI is InChI=1S/C18H20IN3O3/c1-25-10-9-20-18(24)15-7-2-3-8-16(15)21-12-17(23)22-14-6-4-5-13(19)11-14/h2-8,11,21H,9-10,12H2,1H3,(H,20,24)(H,22,23). The zero-order valence-corrected chi connectivity index (χ0v) is 16.0. The van der Waals surface area contributed by atoms with Crippen LogP contribution in [0.15, 0.2) is 48.5 Å². The number of halogens is 1. The maximum absolute atomic E-state index is 12.2. The fraction of sp³-hybridized carbons (Fsp3) is 0.222. The van der Waals surface area contributed by atoms with E-state index in [1.54, 1.807) is 25.3 Å². The first-order chi connectivity index (χ1) is 12.1. The van der Waals surface area contributed by atoms with Gasteiger partial charge in [0.15, 0.2) is 0 Å². The zero-order valence-electron chi connectivity index (χ0n) is 13.8. The quantitative estimate of drug-likeness (QED) is 0.425. The number of benzene rings is 2. The second kappa shape index (κ2) is 10.00. The summed E-state index contributed by atoms with van der Waals surface area (Å²) < 4.78 is 5.96. The highest BCUT2D eigenvalue weighted by Gasteiger charge is 2.11. The first-order valence-electron chi connectivity index (χ1n) is 7.75. The lowest BCUT2D eigenvalue weighted by Crippen LogP contribution is -2.28. The van der Waals surface area contributed by atoms with E-state index in [4.69, 9.17) is 4.74 Å². The van der Waals surface area contributed by atoms with Gasteiger partial charge in [-0.1, -0.05) is 18.2 Å². The van der Waals surface area contributed by atoms with Crippen LogP contribution < -0.4 is 16.0 Å². The highest BCUT2D eigenvalue weighted by atomic mass is 127. The number of carbonyl (C=O) groups is 2. The highest BCUT2D eigenvalue weighted by molar-refractivity contribution is 14.1. The van der Waals surface area contributed by atoms with Gasteiger partial charge in [-0.2, -0.15) is 0 Å². The van der Waals surface area contributed by atoms with E-state index >= 15 is 0 Å². The molecule has 3 N–H and O–H groups in total. The van der Waals surface area contributed by atoms with Gasteiger partial charge in [0.05, 0.1) is 18.7 Å². The van der Waals surface area contributed by atoms with Gasteiger partial charge in [-0.3, -0.25) is 9.59 Å². The number of hydrogen-bond acceptors (Lipinski definition) is 4. The molecular formula is C18H20IN3O3. The predicted molar refractivity (Wildman–Crippen MR) is 107 cm³/mol. The summed E-state index contributed by atoms with van der Waals surface area (Å²) in [5.74, 6) is -0.394. The van der Waals surface area contributed by atoms with Crippen molar-refractivity contribution >= 4 is 45.8 Å². The molecule has 0 spiro atoms. The Bertz CT molecular complexity index is 737. The van der Waals surface area contributed by atoms with E-state index in [0.29, 0.717) is 24.4 Å². The van der Waals surface area contributed by atoms with Gasteiger partial charge in [-0.25, -0.2) is 0 Å². The molecule has 0 atom stereocenters. The van der Waals surface area contributed by atoms with Crippen LogP contribution in [-0.4, -0.2) is 38.6 Å². The van der Waals surface area contributed by atoms with Crippen LogP contribution in [0.1, 0.15) is 10.4 Å². The molecule has 0 aliphatic rings. The zero-order chi connectivity index (χ0) is 18.1. The minimum Gasteiger partial charge on any atom is -0.383 e. The van der Waals surface area contributed by atoms with Crippen molar-refractivity contribution in [2.75, 3.05) is 37.4 Å². The smallest absolute Gasteiger partial charge is 0.253 e. The average molecular weight is 453 g/mol. The SMILES string of the molecule is COCCNC(=O)c1ccccc1NCC(=O)Nc1cccc(I)c1. The van der Waals surface area contributed by atoms with Crippen molar-refractivity contribution < 1.29 is 14.3 Å². The Morgan fingerprint density at radius 3 is 2.68 bits per heavy atom. The van der Waals surface area contributed by atoms with E-state index in [-0.39, 0.29) is 18.4 Å². The number of methoxy groups -OCH3 is 1. The minimum absolute atomic E-state index is 0.0633. The maximum Gasteiger partial charge on any atom is 0.253 e. The Kier molecular flexibility index (Phi) is 7.68. The molecule has 0 aliphatic carbocycles. The molecule has 0 bridgehead atoms. The van der Waals surface area contributed by atoms with Crippen LogP contribution in [0.5, 0.6) is 0 Å². The van der Waals surface area contributed by atoms with Gasteiger partial charge < -0.3 is 20.7 Å². The molecule has 2 rings (SSSR count). The summed E-state index contributed by atoms with van der Waals surface area (Å²) in [5.41, 5.74) is 1.83. The van der Waals surface area contributed by atoms with Crippen molar-refractivity contribution in [2.24, 2.45) is 0 Å². The van der Waals surface area contributed by atoms with Gasteiger partial charge in [0, 0.05) is 28.6 Å². The lowest BCUT2D eigenvalue weighted by atomic mass is 10.1. The summed E-state index contributed by atoms with van der Waals surface area (Å²) in [6.45, 7) is 0.935. The Labute approximate surface area is 160 Å². The van der Waals surface area contributed by atoms with Crippen molar-refractivity contribution in [1.82, 2.24) is 5.32 Å². The number of nitrogens with one attached hydrogen (secondary N) is 3. The molecule has 0 unspecified atom stereocenters. The first kappa shape index (κ1) is 19.2. The fourth-order valence-corrected chi connectivity index (χ4v) is 2.69. The Morgan fingerprint density at radius 1 is 1.12 bits per heavy atom. The molecule has 2 amide bonds. The van der Waals surface area contributed by atoms with Gasteiger partial charge in [-0.15, -0.1) is 0 Å². The predicted octanol–water partition coefficient (Wildman–Crippen LogP) is 2.72. The normalized spacial score (nSPS) is 10.2. The van der Waals surface area contributed by atoms with E-state index in [9.17, 15) is 9.59 Å². The largest absolute Gasteiger partial charge is 0.383 e. The maximum atomic E-state index is 12.2. The van der Waals surface area contributed by atoms with Crippen molar-refractivity contribution in [2.45, 2.75) is 0 Å². The van der Waals surface area contributed by atoms with Gasteiger partial charge in [0.25, 0.3) is 5.91 Å². The molecular weight excluding hydrogens is 433 g/mol.